The molecule has 1 aromatic heterocycles. The number of aromatic nitrogens is 2. The maximum Gasteiger partial charge on any atom is 0.249 e. The fourth-order valence-corrected chi connectivity index (χ4v) is 7.50. The predicted molar refractivity (Wildman–Crippen MR) is 150 cm³/mol. The van der Waals surface area contributed by atoms with E-state index >= 15 is 0 Å². The predicted octanol–water partition coefficient (Wildman–Crippen LogP) is 4.88. The van der Waals surface area contributed by atoms with Gasteiger partial charge in [0.05, 0.1) is 17.9 Å². The molecule has 7 nitrogen and oxygen atoms in total. The monoisotopic (exact) mass is 559 g/mol. The lowest BCUT2D eigenvalue weighted by atomic mass is 9.87. The number of carbonyl (C=O) groups is 2. The number of rotatable bonds is 7. The molecule has 0 bridgehead atoms. The summed E-state index contributed by atoms with van der Waals surface area (Å²) in [5.74, 6) is -0.282. The molecule has 3 aliphatic carbocycles. The molecular weight excluding hydrogens is 524 g/mol. The Balaban J connectivity index is 1.07. The van der Waals surface area contributed by atoms with Gasteiger partial charge in [0.25, 0.3) is 0 Å². The number of anilines is 1. The smallest absolute Gasteiger partial charge is 0.249 e. The van der Waals surface area contributed by atoms with Crippen molar-refractivity contribution in [3.05, 3.63) is 83.3 Å². The number of nitrogens with one attached hydrogen (secondary N) is 2. The summed E-state index contributed by atoms with van der Waals surface area (Å²) in [7, 11) is 0. The van der Waals surface area contributed by atoms with Gasteiger partial charge in [-0.3, -0.25) is 14.9 Å². The van der Waals surface area contributed by atoms with Gasteiger partial charge in [0.15, 0.2) is 5.82 Å². The summed E-state index contributed by atoms with van der Waals surface area (Å²) in [5, 5.41) is 6.35. The minimum atomic E-state index is -0.828. The highest BCUT2D eigenvalue weighted by Gasteiger charge is 2.79. The molecular formula is C32H35F2N5O2. The number of carbonyl (C=O) groups excluding carboxylic acids is 2. The van der Waals surface area contributed by atoms with Crippen LogP contribution in [0.15, 0.2) is 55.0 Å². The first-order valence-electron chi connectivity index (χ1n) is 14.7. The zero-order valence-corrected chi connectivity index (χ0v) is 23.4. The van der Waals surface area contributed by atoms with Crippen LogP contribution in [0.25, 0.3) is 0 Å². The minimum Gasteiger partial charge on any atom is -0.327 e. The van der Waals surface area contributed by atoms with Crippen LogP contribution in [-0.2, 0) is 28.0 Å². The van der Waals surface area contributed by atoms with Crippen LogP contribution in [0.1, 0.15) is 68.7 Å². The Labute approximate surface area is 238 Å². The van der Waals surface area contributed by atoms with E-state index in [2.05, 4.69) is 20.5 Å². The molecule has 3 fully saturated rings. The lowest BCUT2D eigenvalue weighted by molar-refractivity contribution is -0.134. The number of halogens is 2. The number of hydrogen-bond acceptors (Lipinski definition) is 4. The first-order chi connectivity index (χ1) is 19.7. The van der Waals surface area contributed by atoms with Crippen LogP contribution >= 0.6 is 0 Å². The summed E-state index contributed by atoms with van der Waals surface area (Å²) >= 11 is 0. The minimum absolute atomic E-state index is 0.107. The third-order valence-electron chi connectivity index (χ3n) is 9.90. The second kappa shape index (κ2) is 9.48. The van der Waals surface area contributed by atoms with E-state index in [4.69, 9.17) is 0 Å². The quantitative estimate of drug-likeness (QED) is 0.405. The van der Waals surface area contributed by atoms with E-state index < -0.39 is 23.2 Å². The zero-order valence-electron chi connectivity index (χ0n) is 23.4. The molecule has 1 aliphatic heterocycles. The van der Waals surface area contributed by atoms with E-state index in [1.807, 2.05) is 44.2 Å². The van der Waals surface area contributed by atoms with Crippen LogP contribution in [0.2, 0.25) is 0 Å². The van der Waals surface area contributed by atoms with Crippen molar-refractivity contribution in [2.24, 2.45) is 5.92 Å². The average Bonchev–Trinajstić information content (AvgIpc) is 3.78. The van der Waals surface area contributed by atoms with Crippen LogP contribution in [0.5, 0.6) is 0 Å². The van der Waals surface area contributed by atoms with Crippen LogP contribution in [0.3, 0.4) is 0 Å². The van der Waals surface area contributed by atoms with E-state index in [1.165, 1.54) is 18.9 Å². The maximum atomic E-state index is 14.5. The third-order valence-corrected chi connectivity index (χ3v) is 9.90. The van der Waals surface area contributed by atoms with E-state index in [0.717, 1.165) is 24.5 Å². The van der Waals surface area contributed by atoms with Gasteiger partial charge < -0.3 is 14.8 Å². The molecule has 41 heavy (non-hydrogen) atoms. The highest BCUT2D eigenvalue weighted by atomic mass is 19.1. The Morgan fingerprint density at radius 2 is 1.93 bits per heavy atom. The second-order valence-electron chi connectivity index (χ2n) is 12.7. The van der Waals surface area contributed by atoms with Gasteiger partial charge >= 0.3 is 0 Å². The number of nitrogens with zero attached hydrogens (tertiary/aromatic N) is 3. The molecule has 7 rings (SSSR count). The lowest BCUT2D eigenvalue weighted by Gasteiger charge is -2.30. The van der Waals surface area contributed by atoms with E-state index in [0.29, 0.717) is 48.2 Å². The summed E-state index contributed by atoms with van der Waals surface area (Å²) in [6.45, 7) is 3.81. The molecule has 2 amide bonds. The number of likely N-dealkylation sites (tertiary alicyclic amines) is 1. The van der Waals surface area contributed by atoms with Gasteiger partial charge in [-0.1, -0.05) is 36.8 Å². The number of fused-ring (bicyclic) bond motifs is 1. The molecule has 2 N–H and O–H groups in total. The summed E-state index contributed by atoms with van der Waals surface area (Å²) < 4.78 is 30.0. The van der Waals surface area contributed by atoms with Crippen molar-refractivity contribution in [1.29, 1.82) is 0 Å². The van der Waals surface area contributed by atoms with Crippen LogP contribution in [0.4, 0.5) is 14.6 Å². The summed E-state index contributed by atoms with van der Waals surface area (Å²) in [5.41, 5.74) is 1.24. The largest absolute Gasteiger partial charge is 0.327 e. The van der Waals surface area contributed by atoms with Crippen molar-refractivity contribution in [3.8, 4) is 0 Å². The average molecular weight is 560 g/mol. The number of amides is 2. The lowest BCUT2D eigenvalue weighted by Crippen LogP contribution is -2.42. The Hall–Kier alpha value is -3.59. The number of hydrogen-bond donors (Lipinski definition) is 2. The Kier molecular flexibility index (Phi) is 6.08. The fraction of sp³-hybridized carbons (Fsp3) is 0.469. The standard InChI is InChI=1S/C32H35F2N5O2/c1-31(2,30(41)39-26-10-6-9-21-16-32(21,26)39)38-17-27(35-18-38)37-29(40)28(19-7-4-3-5-8-19)36-23-12-11-20-13-22(33)14-25(34)24(20)15-23/h3-5,7-8,13-14,17-18,21,23,26,28,36H,6,9-12,15-16H2,1-2H3,(H,37,40)/t21-,23?,26+,28-,32?,39?/m0/s1. The third kappa shape index (κ3) is 4.36. The van der Waals surface area contributed by atoms with E-state index in [-0.39, 0.29) is 23.4 Å². The van der Waals surface area contributed by atoms with Gasteiger partial charge in [-0.15, -0.1) is 0 Å². The Morgan fingerprint density at radius 3 is 2.71 bits per heavy atom. The first-order valence-corrected chi connectivity index (χ1v) is 14.7. The Morgan fingerprint density at radius 1 is 1.12 bits per heavy atom. The van der Waals surface area contributed by atoms with Gasteiger partial charge in [-0.25, -0.2) is 13.8 Å². The van der Waals surface area contributed by atoms with Gasteiger partial charge in [-0.05, 0) is 81.0 Å². The van der Waals surface area contributed by atoms with Crippen LogP contribution in [0, 0.1) is 17.6 Å². The number of benzene rings is 2. The zero-order chi connectivity index (χ0) is 28.5. The summed E-state index contributed by atoms with van der Waals surface area (Å²) in [6, 6.07) is 11.2. The van der Waals surface area contributed by atoms with Crippen molar-refractivity contribution in [2.75, 3.05) is 5.32 Å². The second-order valence-corrected chi connectivity index (χ2v) is 12.7. The Bertz CT molecular complexity index is 1520. The molecule has 1 spiro atoms. The molecule has 2 aromatic carbocycles. The first kappa shape index (κ1) is 26.3. The van der Waals surface area contributed by atoms with Crippen molar-refractivity contribution in [3.63, 3.8) is 0 Å². The normalized spacial score (nSPS) is 26.8. The highest BCUT2D eigenvalue weighted by molar-refractivity contribution is 5.95. The number of aryl methyl sites for hydroxylation is 1. The molecule has 2 unspecified atom stereocenters. The summed E-state index contributed by atoms with van der Waals surface area (Å²) in [4.78, 5) is 33.8. The highest BCUT2D eigenvalue weighted by Crippen LogP contribution is 2.70. The van der Waals surface area contributed by atoms with Crippen LogP contribution in [-0.4, -0.2) is 43.9 Å². The van der Waals surface area contributed by atoms with E-state index in [9.17, 15) is 18.4 Å². The van der Waals surface area contributed by atoms with Crippen LogP contribution < -0.4 is 10.6 Å². The number of imidazole rings is 1. The maximum absolute atomic E-state index is 14.5. The van der Waals surface area contributed by atoms with Gasteiger partial charge in [0, 0.05) is 18.3 Å². The van der Waals surface area contributed by atoms with Gasteiger partial charge in [0.2, 0.25) is 11.8 Å². The molecule has 4 aliphatic rings. The molecule has 9 heteroatoms. The van der Waals surface area contributed by atoms with Crippen molar-refractivity contribution < 1.29 is 18.4 Å². The van der Waals surface area contributed by atoms with E-state index in [1.54, 1.807) is 17.1 Å². The molecule has 5 atom stereocenters. The SMILES string of the molecule is CC(C)(C(=O)N1[C@@H]2CCC[C@H]3CC321)n1cnc(NC(=O)[C@@H](NC2CCc3cc(F)cc(F)c3C2)c2ccccc2)c1. The molecule has 1 saturated heterocycles. The topological polar surface area (TPSA) is 79.0 Å². The molecule has 3 aromatic rings. The van der Waals surface area contributed by atoms with Crippen molar-refractivity contribution in [1.82, 2.24) is 19.8 Å². The fourth-order valence-electron chi connectivity index (χ4n) is 7.50. The summed E-state index contributed by atoms with van der Waals surface area (Å²) in [6.07, 6.45) is 9.50. The molecule has 0 radical (unpaired) electrons. The molecule has 2 heterocycles. The van der Waals surface area contributed by atoms with Crippen molar-refractivity contribution >= 4 is 17.6 Å². The van der Waals surface area contributed by atoms with Crippen molar-refractivity contribution in [2.45, 2.75) is 88.0 Å². The molecule has 214 valence electrons. The van der Waals surface area contributed by atoms with Gasteiger partial charge in [0.1, 0.15) is 23.2 Å². The van der Waals surface area contributed by atoms with Gasteiger partial charge in [-0.2, -0.15) is 0 Å². The molecule has 2 saturated carbocycles.